The number of fused-ring (bicyclic) bond motifs is 1. The van der Waals surface area contributed by atoms with E-state index in [1.807, 2.05) is 12.1 Å². The lowest BCUT2D eigenvalue weighted by atomic mass is 9.87. The van der Waals surface area contributed by atoms with E-state index in [1.54, 1.807) is 35.2 Å². The fourth-order valence-corrected chi connectivity index (χ4v) is 6.11. The molecule has 46 heavy (non-hydrogen) atoms. The zero-order valence-corrected chi connectivity index (χ0v) is 25.7. The number of alkyl halides is 2. The minimum atomic E-state index is -2.94. The predicted molar refractivity (Wildman–Crippen MR) is 170 cm³/mol. The summed E-state index contributed by atoms with van der Waals surface area (Å²) in [6.07, 6.45) is 0.351. The maximum atomic E-state index is 14.9. The monoisotopic (exact) mass is 667 g/mol. The highest BCUT2D eigenvalue weighted by molar-refractivity contribution is 7.59. The van der Waals surface area contributed by atoms with Crippen LogP contribution < -0.4 is 15.1 Å². The molecule has 0 bridgehead atoms. The smallest absolute Gasteiger partial charge is 0.252 e. The Bertz CT molecular complexity index is 1830. The number of pyridine rings is 1. The van der Waals surface area contributed by atoms with Crippen molar-refractivity contribution < 1.29 is 27.2 Å². The number of rotatable bonds is 7. The molecule has 0 saturated heterocycles. The maximum absolute atomic E-state index is 14.9. The molecule has 1 unspecified atom stereocenters. The molecule has 13 heteroatoms. The molecule has 236 valence electrons. The van der Waals surface area contributed by atoms with Crippen molar-refractivity contribution in [3.63, 3.8) is 0 Å². The lowest BCUT2D eigenvalue weighted by Gasteiger charge is -2.39. The van der Waals surface area contributed by atoms with Crippen LogP contribution in [0, 0.1) is 23.0 Å². The van der Waals surface area contributed by atoms with Gasteiger partial charge in [-0.25, -0.2) is 22.5 Å². The van der Waals surface area contributed by atoms with Gasteiger partial charge in [-0.3, -0.25) is 14.5 Å². The number of hydrogen-bond donors (Lipinski definition) is 1. The van der Waals surface area contributed by atoms with E-state index in [4.69, 9.17) is 11.6 Å². The molecular formula is C33H26ClF4N5O2S. The number of nitriles is 1. The Morgan fingerprint density at radius 1 is 1.02 bits per heavy atom. The molecule has 7 nitrogen and oxygen atoms in total. The second-order valence-electron chi connectivity index (χ2n) is 11.0. The van der Waals surface area contributed by atoms with Crippen molar-refractivity contribution in [1.29, 1.82) is 5.26 Å². The zero-order valence-electron chi connectivity index (χ0n) is 23.9. The van der Waals surface area contributed by atoms with E-state index in [2.05, 4.69) is 10.3 Å². The molecule has 2 atom stereocenters. The van der Waals surface area contributed by atoms with Gasteiger partial charge in [-0.15, -0.1) is 0 Å². The molecule has 1 fully saturated rings. The van der Waals surface area contributed by atoms with E-state index in [1.165, 1.54) is 30.5 Å². The number of anilines is 3. The third-order valence-electron chi connectivity index (χ3n) is 7.89. The van der Waals surface area contributed by atoms with Crippen LogP contribution in [0.15, 0.2) is 85.1 Å². The summed E-state index contributed by atoms with van der Waals surface area (Å²) in [5.41, 5.74) is 1.48. The van der Waals surface area contributed by atoms with Crippen LogP contribution in [0.1, 0.15) is 35.6 Å². The highest BCUT2D eigenvalue weighted by atomic mass is 35.5. The Balaban J connectivity index is 0.00000417. The van der Waals surface area contributed by atoms with Crippen LogP contribution >= 0.6 is 25.1 Å². The van der Waals surface area contributed by atoms with Gasteiger partial charge < -0.3 is 10.2 Å². The summed E-state index contributed by atoms with van der Waals surface area (Å²) in [5.74, 6) is -6.30. The van der Waals surface area contributed by atoms with Crippen LogP contribution in [0.25, 0.3) is 0 Å². The summed E-state index contributed by atoms with van der Waals surface area (Å²) in [6, 6.07) is 17.2. The van der Waals surface area contributed by atoms with Crippen LogP contribution in [-0.2, 0) is 16.0 Å². The van der Waals surface area contributed by atoms with Gasteiger partial charge in [0.1, 0.15) is 29.5 Å². The first-order valence-corrected chi connectivity index (χ1v) is 14.4. The molecule has 1 saturated carbocycles. The van der Waals surface area contributed by atoms with E-state index in [0.717, 1.165) is 22.6 Å². The molecule has 1 aliphatic heterocycles. The Labute approximate surface area is 273 Å². The number of amides is 2. The average molecular weight is 668 g/mol. The minimum Gasteiger partial charge on any atom is -0.351 e. The SMILES string of the molecule is N#Cc1ccnc(N2c3ccccc3C[C@H]2C(=O)N(c2cc(F)cc(F)c2)C(C(=O)NC2CC(F)(F)C2)c2ccccc2Cl)c1.S. The first-order valence-electron chi connectivity index (χ1n) is 14.0. The number of nitrogens with zero attached hydrogens (tertiary/aromatic N) is 4. The fraction of sp³-hybridized carbons (Fsp3) is 0.212. The fourth-order valence-electron chi connectivity index (χ4n) is 5.87. The van der Waals surface area contributed by atoms with Crippen molar-refractivity contribution in [1.82, 2.24) is 10.3 Å². The van der Waals surface area contributed by atoms with E-state index >= 15 is 0 Å². The lowest BCUT2D eigenvalue weighted by molar-refractivity contribution is -0.133. The van der Waals surface area contributed by atoms with Crippen LogP contribution in [0.3, 0.4) is 0 Å². The van der Waals surface area contributed by atoms with Crippen molar-refractivity contribution >= 4 is 54.1 Å². The second-order valence-corrected chi connectivity index (χ2v) is 11.4. The van der Waals surface area contributed by atoms with Gasteiger partial charge in [0.05, 0.1) is 17.3 Å². The maximum Gasteiger partial charge on any atom is 0.252 e. The molecule has 4 aromatic rings. The standard InChI is InChI=1S/C33H24ClF4N5O2.H2S/c34-26-7-3-2-6-25(26)30(31(44)41-23-16-33(37,38)17-23)42(24-14-21(35)13-22(36)15-24)32(45)28-12-20-5-1-4-8-27(20)43(28)29-11-19(18-39)9-10-40-29;/h1-11,13-15,23,28,30H,12,16-17H2,(H,41,44);1H2/t28-,30?;/m0./s1. The third kappa shape index (κ3) is 6.38. The number of carbonyl (C=O) groups excluding carboxylic acids is 2. The van der Waals surface area contributed by atoms with Crippen molar-refractivity contribution in [2.75, 3.05) is 9.80 Å². The highest BCUT2D eigenvalue weighted by Gasteiger charge is 2.48. The average Bonchev–Trinajstić information content (AvgIpc) is 3.38. The molecule has 1 N–H and O–H groups in total. The quantitative estimate of drug-likeness (QED) is 0.220. The molecule has 6 rings (SSSR count). The van der Waals surface area contributed by atoms with Crippen molar-refractivity contribution in [2.45, 2.75) is 43.3 Å². The Hall–Kier alpha value is -4.60. The molecule has 1 aromatic heterocycles. The number of para-hydroxylation sites is 1. The van der Waals surface area contributed by atoms with Crippen LogP contribution in [0.2, 0.25) is 5.02 Å². The molecule has 2 heterocycles. The largest absolute Gasteiger partial charge is 0.351 e. The summed E-state index contributed by atoms with van der Waals surface area (Å²) < 4.78 is 56.9. The number of halogens is 5. The minimum absolute atomic E-state index is 0. The van der Waals surface area contributed by atoms with Crippen LogP contribution in [-0.4, -0.2) is 34.8 Å². The van der Waals surface area contributed by atoms with Gasteiger partial charge >= 0.3 is 0 Å². The molecule has 2 amide bonds. The highest BCUT2D eigenvalue weighted by Crippen LogP contribution is 2.42. The van der Waals surface area contributed by atoms with Crippen molar-refractivity contribution in [3.05, 3.63) is 118 Å². The van der Waals surface area contributed by atoms with E-state index in [9.17, 15) is 32.4 Å². The van der Waals surface area contributed by atoms with E-state index in [-0.39, 0.29) is 47.6 Å². The molecular weight excluding hydrogens is 642 g/mol. The predicted octanol–water partition coefficient (Wildman–Crippen LogP) is 6.75. The zero-order chi connectivity index (χ0) is 31.9. The lowest BCUT2D eigenvalue weighted by Crippen LogP contribution is -2.56. The Morgan fingerprint density at radius 2 is 1.70 bits per heavy atom. The normalized spacial score (nSPS) is 17.1. The topological polar surface area (TPSA) is 89.3 Å². The van der Waals surface area contributed by atoms with Gasteiger partial charge in [0.25, 0.3) is 11.8 Å². The Morgan fingerprint density at radius 3 is 2.37 bits per heavy atom. The molecule has 3 aromatic carbocycles. The van der Waals surface area contributed by atoms with Crippen molar-refractivity contribution in [2.24, 2.45) is 0 Å². The number of carbonyl (C=O) groups is 2. The van der Waals surface area contributed by atoms with Crippen LogP contribution in [0.5, 0.6) is 0 Å². The molecule has 2 aliphatic rings. The summed E-state index contributed by atoms with van der Waals surface area (Å²) in [5, 5.41) is 12.2. The third-order valence-corrected chi connectivity index (χ3v) is 8.23. The molecule has 1 aliphatic carbocycles. The number of aromatic nitrogens is 1. The van der Waals surface area contributed by atoms with Gasteiger partial charge in [0.2, 0.25) is 5.91 Å². The summed E-state index contributed by atoms with van der Waals surface area (Å²) in [7, 11) is 0. The van der Waals surface area contributed by atoms with Gasteiger partial charge in [-0.1, -0.05) is 48.0 Å². The van der Waals surface area contributed by atoms with Crippen molar-refractivity contribution in [3.8, 4) is 6.07 Å². The first-order chi connectivity index (χ1) is 21.5. The van der Waals surface area contributed by atoms with E-state index in [0.29, 0.717) is 11.8 Å². The summed E-state index contributed by atoms with van der Waals surface area (Å²) >= 11 is 6.55. The van der Waals surface area contributed by atoms with Gasteiger partial charge in [0, 0.05) is 53.8 Å². The number of benzene rings is 3. The number of nitrogens with one attached hydrogen (secondary N) is 1. The second kappa shape index (κ2) is 13.0. The molecule has 0 radical (unpaired) electrons. The van der Waals surface area contributed by atoms with E-state index < -0.39 is 60.3 Å². The van der Waals surface area contributed by atoms with Crippen LogP contribution in [0.4, 0.5) is 34.8 Å². The van der Waals surface area contributed by atoms with Gasteiger partial charge in [-0.05, 0) is 42.0 Å². The van der Waals surface area contributed by atoms with Gasteiger partial charge in [0.15, 0.2) is 0 Å². The number of hydrogen-bond acceptors (Lipinski definition) is 5. The summed E-state index contributed by atoms with van der Waals surface area (Å²) in [4.78, 5) is 35.9. The Kier molecular flexibility index (Phi) is 9.28. The summed E-state index contributed by atoms with van der Waals surface area (Å²) in [6.45, 7) is 0. The molecule has 0 spiro atoms. The first kappa shape index (κ1) is 32.8. The van der Waals surface area contributed by atoms with Gasteiger partial charge in [-0.2, -0.15) is 18.8 Å².